The van der Waals surface area contributed by atoms with Crippen molar-refractivity contribution in [3.05, 3.63) is 146 Å². The fourth-order valence-corrected chi connectivity index (χ4v) is 7.23. The summed E-state index contributed by atoms with van der Waals surface area (Å²) in [5.41, 5.74) is 10.1. The van der Waals surface area contributed by atoms with E-state index in [4.69, 9.17) is 0 Å². The molecule has 0 atom stereocenters. The number of rotatable bonds is 3. The van der Waals surface area contributed by atoms with Crippen LogP contribution in [0.2, 0.25) is 0 Å². The number of hydrogen-bond donors (Lipinski definition) is 0. The summed E-state index contributed by atoms with van der Waals surface area (Å²) in [5.74, 6) is 0. The van der Waals surface area contributed by atoms with E-state index in [0.717, 1.165) is 0 Å². The van der Waals surface area contributed by atoms with E-state index in [2.05, 4.69) is 150 Å². The number of nitrogens with zero attached hydrogens (tertiary/aromatic N) is 1. The van der Waals surface area contributed by atoms with E-state index in [1.54, 1.807) is 0 Å². The Morgan fingerprint density at radius 1 is 0.487 bits per heavy atom. The number of hydrogen-bond acceptors (Lipinski definition) is 2. The Morgan fingerprint density at radius 2 is 1.15 bits per heavy atom. The van der Waals surface area contributed by atoms with Gasteiger partial charge in [-0.2, -0.15) is 0 Å². The molecule has 0 saturated carbocycles. The zero-order valence-electron chi connectivity index (χ0n) is 21.3. The SMILES string of the molecule is c1ccc(B2c3ccccc3-c3cc(-c4ccc5sc6ccccc6c5c4)ccc3N2c2ccccc2)cc1. The molecule has 1 aromatic heterocycles. The summed E-state index contributed by atoms with van der Waals surface area (Å²) in [6, 6.07) is 53.2. The van der Waals surface area contributed by atoms with Gasteiger partial charge in [-0.3, -0.25) is 0 Å². The molecule has 0 aliphatic carbocycles. The third-order valence-corrected chi connectivity index (χ3v) is 9.07. The lowest BCUT2D eigenvalue weighted by Crippen LogP contribution is -2.57. The van der Waals surface area contributed by atoms with Gasteiger partial charge in [-0.15, -0.1) is 11.3 Å². The molecule has 2 heterocycles. The van der Waals surface area contributed by atoms with E-state index < -0.39 is 0 Å². The van der Waals surface area contributed by atoms with Crippen molar-refractivity contribution < 1.29 is 0 Å². The number of para-hydroxylation sites is 1. The summed E-state index contributed by atoms with van der Waals surface area (Å²) < 4.78 is 2.68. The topological polar surface area (TPSA) is 3.24 Å². The number of anilines is 2. The van der Waals surface area contributed by atoms with Gasteiger partial charge in [0.2, 0.25) is 0 Å². The fourth-order valence-electron chi connectivity index (χ4n) is 6.15. The predicted molar refractivity (Wildman–Crippen MR) is 170 cm³/mol. The zero-order chi connectivity index (χ0) is 25.8. The van der Waals surface area contributed by atoms with Gasteiger partial charge in [0.1, 0.15) is 0 Å². The van der Waals surface area contributed by atoms with E-state index in [1.807, 2.05) is 11.3 Å². The second-order valence-electron chi connectivity index (χ2n) is 10.1. The minimum atomic E-state index is 0.0941. The molecule has 1 nitrogen and oxygen atoms in total. The van der Waals surface area contributed by atoms with Crippen molar-refractivity contribution in [2.75, 3.05) is 4.81 Å². The van der Waals surface area contributed by atoms with Gasteiger partial charge in [0.05, 0.1) is 0 Å². The normalized spacial score (nSPS) is 12.5. The predicted octanol–water partition coefficient (Wildman–Crippen LogP) is 8.65. The van der Waals surface area contributed by atoms with Gasteiger partial charge in [0.25, 0.3) is 0 Å². The van der Waals surface area contributed by atoms with Crippen molar-refractivity contribution in [2.24, 2.45) is 0 Å². The smallest absolute Gasteiger partial charge is 0.328 e. The Morgan fingerprint density at radius 3 is 2.03 bits per heavy atom. The number of thiophene rings is 1. The summed E-state index contributed by atoms with van der Waals surface area (Å²) in [5, 5.41) is 2.67. The van der Waals surface area contributed by atoms with Crippen molar-refractivity contribution in [3.63, 3.8) is 0 Å². The Bertz CT molecular complexity index is 1980. The Hall–Kier alpha value is -4.60. The summed E-state index contributed by atoms with van der Waals surface area (Å²) in [7, 11) is 0. The molecule has 0 radical (unpaired) electrons. The van der Waals surface area contributed by atoms with Crippen molar-refractivity contribution in [1.82, 2.24) is 0 Å². The molecule has 0 amide bonds. The molecule has 1 aliphatic rings. The number of fused-ring (bicyclic) bond motifs is 6. The van der Waals surface area contributed by atoms with Crippen LogP contribution in [0.5, 0.6) is 0 Å². The molecule has 7 aromatic rings. The summed E-state index contributed by atoms with van der Waals surface area (Å²) in [6.45, 7) is 0.0941. The average Bonchev–Trinajstić information content (AvgIpc) is 3.39. The zero-order valence-corrected chi connectivity index (χ0v) is 22.1. The van der Waals surface area contributed by atoms with Crippen LogP contribution in [0.15, 0.2) is 146 Å². The molecule has 6 aromatic carbocycles. The Balaban J connectivity index is 1.35. The third kappa shape index (κ3) is 3.62. The van der Waals surface area contributed by atoms with E-state index in [1.165, 1.54) is 64.7 Å². The quantitative estimate of drug-likeness (QED) is 0.214. The monoisotopic (exact) mass is 513 g/mol. The van der Waals surface area contributed by atoms with Gasteiger partial charge in [0, 0.05) is 37.1 Å². The van der Waals surface area contributed by atoms with Crippen LogP contribution < -0.4 is 15.7 Å². The van der Waals surface area contributed by atoms with Crippen molar-refractivity contribution in [2.45, 2.75) is 0 Å². The van der Waals surface area contributed by atoms with E-state index in [0.29, 0.717) is 0 Å². The van der Waals surface area contributed by atoms with Crippen molar-refractivity contribution >= 4 is 60.7 Å². The highest BCUT2D eigenvalue weighted by atomic mass is 32.1. The summed E-state index contributed by atoms with van der Waals surface area (Å²) in [6.07, 6.45) is 0. The molecule has 182 valence electrons. The van der Waals surface area contributed by atoms with Crippen molar-refractivity contribution in [1.29, 1.82) is 0 Å². The average molecular weight is 513 g/mol. The minimum Gasteiger partial charge on any atom is -0.376 e. The van der Waals surface area contributed by atoms with Gasteiger partial charge < -0.3 is 4.81 Å². The number of benzene rings is 6. The second-order valence-corrected chi connectivity index (χ2v) is 11.2. The highest BCUT2D eigenvalue weighted by Crippen LogP contribution is 2.42. The summed E-state index contributed by atoms with van der Waals surface area (Å²) in [4.78, 5) is 2.51. The van der Waals surface area contributed by atoms with Crippen LogP contribution in [0.3, 0.4) is 0 Å². The largest absolute Gasteiger partial charge is 0.376 e. The van der Waals surface area contributed by atoms with Crippen LogP contribution in [0.25, 0.3) is 42.4 Å². The first-order chi connectivity index (χ1) is 19.3. The van der Waals surface area contributed by atoms with Gasteiger partial charge in [-0.1, -0.05) is 109 Å². The van der Waals surface area contributed by atoms with E-state index >= 15 is 0 Å². The molecule has 0 N–H and O–H groups in total. The molecular weight excluding hydrogens is 489 g/mol. The molecule has 3 heteroatoms. The maximum atomic E-state index is 2.51. The van der Waals surface area contributed by atoms with Gasteiger partial charge in [0.15, 0.2) is 0 Å². The van der Waals surface area contributed by atoms with Crippen LogP contribution in [0.4, 0.5) is 11.4 Å². The van der Waals surface area contributed by atoms with Crippen LogP contribution in [0, 0.1) is 0 Å². The Kier molecular flexibility index (Phi) is 5.17. The lowest BCUT2D eigenvalue weighted by Gasteiger charge is -2.39. The lowest BCUT2D eigenvalue weighted by molar-refractivity contribution is 1.36. The molecule has 1 aliphatic heterocycles. The van der Waals surface area contributed by atoms with Crippen molar-refractivity contribution in [3.8, 4) is 22.3 Å². The molecule has 0 bridgehead atoms. The Labute approximate surface area is 232 Å². The molecule has 0 spiro atoms. The van der Waals surface area contributed by atoms with Crippen LogP contribution in [0.1, 0.15) is 0 Å². The first kappa shape index (κ1) is 22.4. The standard InChI is InChI=1S/C36H24BNS/c1-3-11-27(12-4-1)37-33-17-9-7-15-29(33)31-23-25(19-21-34(31)38(37)28-13-5-2-6-14-28)26-20-22-36-32(24-26)30-16-8-10-18-35(30)39-36/h1-24H. The minimum absolute atomic E-state index is 0.0941. The molecule has 8 rings (SSSR count). The highest BCUT2D eigenvalue weighted by molar-refractivity contribution is 7.25. The van der Waals surface area contributed by atoms with Gasteiger partial charge in [-0.05, 0) is 64.6 Å². The fraction of sp³-hybridized carbons (Fsp3) is 0. The maximum absolute atomic E-state index is 2.51. The van der Waals surface area contributed by atoms with Gasteiger partial charge in [-0.25, -0.2) is 0 Å². The van der Waals surface area contributed by atoms with E-state index in [9.17, 15) is 0 Å². The first-order valence-corrected chi connectivity index (χ1v) is 14.2. The summed E-state index contributed by atoms with van der Waals surface area (Å²) >= 11 is 1.87. The molecule has 0 unspecified atom stereocenters. The first-order valence-electron chi connectivity index (χ1n) is 13.4. The molecule has 0 saturated heterocycles. The van der Waals surface area contributed by atoms with Crippen LogP contribution in [-0.4, -0.2) is 6.85 Å². The van der Waals surface area contributed by atoms with Gasteiger partial charge >= 0.3 is 6.85 Å². The molecular formula is C36H24BNS. The van der Waals surface area contributed by atoms with Crippen LogP contribution in [-0.2, 0) is 0 Å². The molecule has 0 fully saturated rings. The third-order valence-electron chi connectivity index (χ3n) is 7.92. The highest BCUT2D eigenvalue weighted by Gasteiger charge is 2.36. The lowest BCUT2D eigenvalue weighted by atomic mass is 9.45. The van der Waals surface area contributed by atoms with Crippen LogP contribution >= 0.6 is 11.3 Å². The maximum Gasteiger partial charge on any atom is 0.328 e. The van der Waals surface area contributed by atoms with E-state index in [-0.39, 0.29) is 6.85 Å². The molecule has 39 heavy (non-hydrogen) atoms. The second kappa shape index (κ2) is 9.01.